The van der Waals surface area contributed by atoms with Crippen molar-refractivity contribution < 1.29 is 17.9 Å². The number of ether oxygens (including phenoxy) is 1. The Bertz CT molecular complexity index is 690. The van der Waals surface area contributed by atoms with Crippen LogP contribution in [-0.4, -0.2) is 36.4 Å². The van der Waals surface area contributed by atoms with Gasteiger partial charge in [-0.2, -0.15) is 13.2 Å². The summed E-state index contributed by atoms with van der Waals surface area (Å²) in [5.74, 6) is 0.835. The molecule has 0 saturated heterocycles. The third-order valence-electron chi connectivity index (χ3n) is 3.39. The summed E-state index contributed by atoms with van der Waals surface area (Å²) in [5, 5.41) is 6.37. The van der Waals surface area contributed by atoms with Gasteiger partial charge in [-0.25, -0.2) is 4.99 Å². The molecule has 2 rings (SSSR count). The largest absolute Gasteiger partial charge is 0.484 e. The van der Waals surface area contributed by atoms with Crippen molar-refractivity contribution in [1.82, 2.24) is 15.2 Å². The SMILES string of the molecule is CCNC(=NCc1cccc(OCC(F)(F)F)c1)NCCn1cccc1.I. The maximum atomic E-state index is 12.2. The Balaban J connectivity index is 0.00000364. The van der Waals surface area contributed by atoms with Crippen LogP contribution in [0.3, 0.4) is 0 Å². The molecular weight excluding hydrogens is 472 g/mol. The van der Waals surface area contributed by atoms with E-state index in [2.05, 4.69) is 20.2 Å². The number of alkyl halides is 3. The van der Waals surface area contributed by atoms with E-state index in [0.717, 1.165) is 12.1 Å². The molecule has 0 aliphatic rings. The molecule has 27 heavy (non-hydrogen) atoms. The number of hydrogen-bond donors (Lipinski definition) is 2. The molecule has 0 aliphatic carbocycles. The van der Waals surface area contributed by atoms with Gasteiger partial charge >= 0.3 is 6.18 Å². The van der Waals surface area contributed by atoms with Crippen molar-refractivity contribution in [3.05, 3.63) is 54.4 Å². The summed E-state index contributed by atoms with van der Waals surface area (Å²) in [6.45, 7) is 3.22. The third-order valence-corrected chi connectivity index (χ3v) is 3.39. The minimum Gasteiger partial charge on any atom is -0.484 e. The first-order valence-corrected chi connectivity index (χ1v) is 8.37. The smallest absolute Gasteiger partial charge is 0.422 e. The average Bonchev–Trinajstić information content (AvgIpc) is 3.11. The first-order valence-electron chi connectivity index (χ1n) is 8.37. The molecule has 2 N–H and O–H groups in total. The summed E-state index contributed by atoms with van der Waals surface area (Å²) < 4.78 is 43.5. The van der Waals surface area contributed by atoms with E-state index >= 15 is 0 Å². The Morgan fingerprint density at radius 2 is 1.89 bits per heavy atom. The molecule has 0 saturated carbocycles. The number of halogens is 4. The number of benzene rings is 1. The zero-order valence-corrected chi connectivity index (χ0v) is 17.3. The van der Waals surface area contributed by atoms with Crippen molar-refractivity contribution in [1.29, 1.82) is 0 Å². The van der Waals surface area contributed by atoms with Crippen LogP contribution >= 0.6 is 24.0 Å². The standard InChI is InChI=1S/C18H23F3N4O.HI/c1-2-22-17(23-8-11-25-9-3-4-10-25)24-13-15-6-5-7-16(12-15)26-14-18(19,20)21;/h3-7,9-10,12H,2,8,11,13-14H2,1H3,(H2,22,23,24);1H. The van der Waals surface area contributed by atoms with Gasteiger partial charge in [0, 0.05) is 32.0 Å². The van der Waals surface area contributed by atoms with E-state index in [1.54, 1.807) is 18.2 Å². The molecular formula is C18H24F3IN4O. The third kappa shape index (κ3) is 9.55. The van der Waals surface area contributed by atoms with Gasteiger partial charge in [-0.15, -0.1) is 24.0 Å². The van der Waals surface area contributed by atoms with Gasteiger partial charge in [0.05, 0.1) is 6.54 Å². The Morgan fingerprint density at radius 1 is 1.15 bits per heavy atom. The van der Waals surface area contributed by atoms with E-state index in [9.17, 15) is 13.2 Å². The van der Waals surface area contributed by atoms with Crippen molar-refractivity contribution >= 4 is 29.9 Å². The number of hydrogen-bond acceptors (Lipinski definition) is 2. The van der Waals surface area contributed by atoms with Crippen molar-refractivity contribution in [2.24, 2.45) is 4.99 Å². The Labute approximate surface area is 174 Å². The summed E-state index contributed by atoms with van der Waals surface area (Å²) in [5.41, 5.74) is 0.771. The highest BCUT2D eigenvalue weighted by Gasteiger charge is 2.28. The topological polar surface area (TPSA) is 50.6 Å². The molecule has 0 fully saturated rings. The molecule has 0 bridgehead atoms. The number of guanidine groups is 1. The molecule has 5 nitrogen and oxygen atoms in total. The molecule has 0 aliphatic heterocycles. The molecule has 1 heterocycles. The summed E-state index contributed by atoms with van der Waals surface area (Å²) in [6.07, 6.45) is -0.383. The van der Waals surface area contributed by atoms with Crippen molar-refractivity contribution in [2.45, 2.75) is 26.2 Å². The minimum atomic E-state index is -4.35. The number of nitrogens with one attached hydrogen (secondary N) is 2. The second-order valence-electron chi connectivity index (χ2n) is 5.59. The fraction of sp³-hybridized carbons (Fsp3) is 0.389. The summed E-state index contributed by atoms with van der Waals surface area (Å²) in [4.78, 5) is 4.46. The Morgan fingerprint density at radius 3 is 2.56 bits per heavy atom. The molecule has 1 aromatic carbocycles. The molecule has 9 heteroatoms. The van der Waals surface area contributed by atoms with Gasteiger partial charge in [0.1, 0.15) is 5.75 Å². The molecule has 150 valence electrons. The van der Waals surface area contributed by atoms with Crippen LogP contribution in [0.2, 0.25) is 0 Å². The summed E-state index contributed by atoms with van der Waals surface area (Å²) in [6, 6.07) is 10.5. The van der Waals surface area contributed by atoms with Gasteiger partial charge in [-0.1, -0.05) is 12.1 Å². The first kappa shape index (κ1) is 23.1. The summed E-state index contributed by atoms with van der Waals surface area (Å²) >= 11 is 0. The number of nitrogens with zero attached hydrogens (tertiary/aromatic N) is 2. The monoisotopic (exact) mass is 496 g/mol. The Hall–Kier alpha value is -1.91. The van der Waals surface area contributed by atoms with Crippen molar-refractivity contribution in [3.63, 3.8) is 0 Å². The molecule has 0 spiro atoms. The van der Waals surface area contributed by atoms with Gasteiger partial charge in [0.15, 0.2) is 12.6 Å². The molecule has 2 aromatic rings. The van der Waals surface area contributed by atoms with E-state index in [4.69, 9.17) is 4.74 Å². The molecule has 0 atom stereocenters. The highest BCUT2D eigenvalue weighted by molar-refractivity contribution is 14.0. The molecule has 1 aromatic heterocycles. The van der Waals surface area contributed by atoms with Gasteiger partial charge in [-0.3, -0.25) is 0 Å². The van der Waals surface area contributed by atoms with E-state index in [-0.39, 0.29) is 29.7 Å². The van der Waals surface area contributed by atoms with Crippen LogP contribution in [0.5, 0.6) is 5.75 Å². The number of aromatic nitrogens is 1. The lowest BCUT2D eigenvalue weighted by Gasteiger charge is -2.12. The zero-order chi connectivity index (χ0) is 18.8. The average molecular weight is 496 g/mol. The molecule has 0 unspecified atom stereocenters. The fourth-order valence-electron chi connectivity index (χ4n) is 2.23. The zero-order valence-electron chi connectivity index (χ0n) is 15.0. The maximum absolute atomic E-state index is 12.2. The lowest BCUT2D eigenvalue weighted by atomic mass is 10.2. The van der Waals surface area contributed by atoms with Crippen LogP contribution in [0.4, 0.5) is 13.2 Å². The maximum Gasteiger partial charge on any atom is 0.422 e. The number of aliphatic imine (C=N–C) groups is 1. The van der Waals surface area contributed by atoms with E-state index in [1.165, 1.54) is 6.07 Å². The van der Waals surface area contributed by atoms with Crippen molar-refractivity contribution in [2.75, 3.05) is 19.7 Å². The molecule has 0 amide bonds. The highest BCUT2D eigenvalue weighted by Crippen LogP contribution is 2.19. The Kier molecular flexibility index (Phi) is 10.0. The summed E-state index contributed by atoms with van der Waals surface area (Å²) in [7, 11) is 0. The second-order valence-corrected chi connectivity index (χ2v) is 5.59. The van der Waals surface area contributed by atoms with Crippen LogP contribution < -0.4 is 15.4 Å². The predicted molar refractivity (Wildman–Crippen MR) is 111 cm³/mol. The van der Waals surface area contributed by atoms with Crippen LogP contribution in [0.15, 0.2) is 53.8 Å². The van der Waals surface area contributed by atoms with E-state index in [0.29, 0.717) is 25.6 Å². The highest BCUT2D eigenvalue weighted by atomic mass is 127. The number of rotatable bonds is 8. The lowest BCUT2D eigenvalue weighted by Crippen LogP contribution is -2.38. The van der Waals surface area contributed by atoms with Crippen LogP contribution in [0, 0.1) is 0 Å². The predicted octanol–water partition coefficient (Wildman–Crippen LogP) is 3.80. The lowest BCUT2D eigenvalue weighted by molar-refractivity contribution is -0.153. The minimum absolute atomic E-state index is 0. The quantitative estimate of drug-likeness (QED) is 0.332. The van der Waals surface area contributed by atoms with Gasteiger partial charge in [0.2, 0.25) is 0 Å². The van der Waals surface area contributed by atoms with Crippen LogP contribution in [0.1, 0.15) is 12.5 Å². The second kappa shape index (κ2) is 11.7. The molecule has 0 radical (unpaired) electrons. The van der Waals surface area contributed by atoms with Gasteiger partial charge in [0.25, 0.3) is 0 Å². The normalized spacial score (nSPS) is 11.6. The van der Waals surface area contributed by atoms with Crippen molar-refractivity contribution in [3.8, 4) is 5.75 Å². The van der Waals surface area contributed by atoms with E-state index < -0.39 is 12.8 Å². The fourth-order valence-corrected chi connectivity index (χ4v) is 2.23. The van der Waals surface area contributed by atoms with Crippen LogP contribution in [-0.2, 0) is 13.1 Å². The van der Waals surface area contributed by atoms with E-state index in [1.807, 2.05) is 31.5 Å². The van der Waals surface area contributed by atoms with Gasteiger partial charge < -0.3 is 19.9 Å². The van der Waals surface area contributed by atoms with Gasteiger partial charge in [-0.05, 0) is 36.8 Å². The van der Waals surface area contributed by atoms with Crippen LogP contribution in [0.25, 0.3) is 0 Å². The first-order chi connectivity index (χ1) is 12.5.